The van der Waals surface area contributed by atoms with Crippen molar-refractivity contribution in [2.75, 3.05) is 24.5 Å². The molecule has 1 saturated heterocycles. The number of piperazine rings is 1. The Morgan fingerprint density at radius 2 is 1.71 bits per heavy atom. The zero-order valence-electron chi connectivity index (χ0n) is 14.1. The Balaban J connectivity index is 2.12. The summed E-state index contributed by atoms with van der Waals surface area (Å²) in [6.07, 6.45) is 1.89. The van der Waals surface area contributed by atoms with E-state index in [9.17, 15) is 4.79 Å². The van der Waals surface area contributed by atoms with Crippen LogP contribution >= 0.6 is 0 Å². The van der Waals surface area contributed by atoms with Crippen molar-refractivity contribution < 1.29 is 4.79 Å². The van der Waals surface area contributed by atoms with E-state index in [2.05, 4.69) is 57.5 Å². The van der Waals surface area contributed by atoms with Crippen molar-refractivity contribution in [3.8, 4) is 0 Å². The van der Waals surface area contributed by atoms with Crippen molar-refractivity contribution >= 4 is 11.7 Å². The number of pyridine rings is 1. The zero-order valence-corrected chi connectivity index (χ0v) is 14.1. The van der Waals surface area contributed by atoms with Crippen LogP contribution in [0.15, 0.2) is 18.3 Å². The number of rotatable bonds is 1. The summed E-state index contributed by atoms with van der Waals surface area (Å²) in [7, 11) is 0. The van der Waals surface area contributed by atoms with Gasteiger partial charge in [-0.05, 0) is 37.8 Å². The lowest BCUT2D eigenvalue weighted by atomic mass is 9.88. The van der Waals surface area contributed by atoms with E-state index in [1.807, 2.05) is 12.3 Å². The molecule has 1 aliphatic heterocycles. The number of anilines is 1. The summed E-state index contributed by atoms with van der Waals surface area (Å²) < 4.78 is 0. The van der Waals surface area contributed by atoms with E-state index >= 15 is 0 Å². The Morgan fingerprint density at radius 3 is 2.14 bits per heavy atom. The molecule has 116 valence electrons. The van der Waals surface area contributed by atoms with Crippen LogP contribution in [0.4, 0.5) is 5.82 Å². The van der Waals surface area contributed by atoms with Gasteiger partial charge < -0.3 is 0 Å². The van der Waals surface area contributed by atoms with Gasteiger partial charge in [-0.2, -0.15) is 0 Å². The lowest BCUT2D eigenvalue weighted by Crippen LogP contribution is -2.56. The minimum Gasteiger partial charge on any atom is -0.294 e. The standard InChI is InChI=1S/C17H27N3O/c1-16(2,3)13-7-8-14(18-11-13)20-10-9-19(12-15(20)21)17(4,5)6/h7-8,11H,9-10,12H2,1-6H3. The molecule has 2 heterocycles. The highest BCUT2D eigenvalue weighted by Crippen LogP contribution is 2.24. The first-order chi connectivity index (χ1) is 9.59. The maximum absolute atomic E-state index is 12.4. The van der Waals surface area contributed by atoms with E-state index in [4.69, 9.17) is 0 Å². The number of aromatic nitrogens is 1. The van der Waals surface area contributed by atoms with E-state index in [1.165, 1.54) is 5.56 Å². The molecular formula is C17H27N3O. The van der Waals surface area contributed by atoms with Crippen molar-refractivity contribution in [1.29, 1.82) is 0 Å². The molecule has 0 aromatic carbocycles. The number of carbonyl (C=O) groups is 1. The lowest BCUT2D eigenvalue weighted by molar-refractivity contribution is -0.122. The normalized spacial score (nSPS) is 18.2. The predicted molar refractivity (Wildman–Crippen MR) is 86.6 cm³/mol. The molecule has 1 aliphatic rings. The summed E-state index contributed by atoms with van der Waals surface area (Å²) in [5.41, 5.74) is 1.30. The smallest absolute Gasteiger partial charge is 0.242 e. The molecule has 0 atom stereocenters. The second kappa shape index (κ2) is 5.41. The molecule has 2 rings (SSSR count). The van der Waals surface area contributed by atoms with Gasteiger partial charge in [0.05, 0.1) is 6.54 Å². The van der Waals surface area contributed by atoms with Crippen LogP contribution in [0.5, 0.6) is 0 Å². The van der Waals surface area contributed by atoms with E-state index < -0.39 is 0 Å². The molecule has 0 N–H and O–H groups in total. The Bertz CT molecular complexity index is 508. The third-order valence-corrected chi connectivity index (χ3v) is 4.06. The minimum absolute atomic E-state index is 0.0330. The number of hydrogen-bond donors (Lipinski definition) is 0. The molecule has 0 radical (unpaired) electrons. The predicted octanol–water partition coefficient (Wildman–Crippen LogP) is 2.83. The third kappa shape index (κ3) is 3.62. The van der Waals surface area contributed by atoms with Gasteiger partial charge in [-0.25, -0.2) is 4.98 Å². The number of amides is 1. The molecule has 1 aromatic rings. The van der Waals surface area contributed by atoms with E-state index in [0.29, 0.717) is 13.1 Å². The molecule has 21 heavy (non-hydrogen) atoms. The van der Waals surface area contributed by atoms with E-state index in [0.717, 1.165) is 12.4 Å². The average Bonchev–Trinajstić information content (AvgIpc) is 2.36. The Morgan fingerprint density at radius 1 is 1.05 bits per heavy atom. The first-order valence-corrected chi connectivity index (χ1v) is 7.61. The quantitative estimate of drug-likeness (QED) is 0.797. The monoisotopic (exact) mass is 289 g/mol. The highest BCUT2D eigenvalue weighted by molar-refractivity contribution is 5.94. The number of nitrogens with zero attached hydrogens (tertiary/aromatic N) is 3. The second-order valence-electron chi connectivity index (χ2n) is 7.79. The van der Waals surface area contributed by atoms with Crippen LogP contribution in [-0.2, 0) is 10.2 Å². The van der Waals surface area contributed by atoms with Crippen molar-refractivity contribution in [2.24, 2.45) is 0 Å². The largest absolute Gasteiger partial charge is 0.294 e. The topological polar surface area (TPSA) is 36.4 Å². The van der Waals surface area contributed by atoms with Crippen molar-refractivity contribution in [3.05, 3.63) is 23.9 Å². The molecule has 0 spiro atoms. The minimum atomic E-state index is 0.0330. The summed E-state index contributed by atoms with van der Waals surface area (Å²) in [6, 6.07) is 4.04. The second-order valence-corrected chi connectivity index (χ2v) is 7.79. The maximum Gasteiger partial charge on any atom is 0.242 e. The summed E-state index contributed by atoms with van der Waals surface area (Å²) >= 11 is 0. The Kier molecular flexibility index (Phi) is 4.11. The molecule has 1 fully saturated rings. The fourth-order valence-electron chi connectivity index (χ4n) is 2.48. The fraction of sp³-hybridized carbons (Fsp3) is 0.647. The van der Waals surface area contributed by atoms with E-state index in [1.54, 1.807) is 4.90 Å². The average molecular weight is 289 g/mol. The van der Waals surface area contributed by atoms with Gasteiger partial charge >= 0.3 is 0 Å². The SMILES string of the molecule is CC(C)(C)c1ccc(N2CCN(C(C)(C)C)CC2=O)nc1. The number of carbonyl (C=O) groups excluding carboxylic acids is 1. The van der Waals surface area contributed by atoms with Crippen molar-refractivity contribution in [3.63, 3.8) is 0 Å². The number of hydrogen-bond acceptors (Lipinski definition) is 3. The van der Waals surface area contributed by atoms with Gasteiger partial charge in [0.15, 0.2) is 0 Å². The van der Waals surface area contributed by atoms with Gasteiger partial charge in [-0.15, -0.1) is 0 Å². The lowest BCUT2D eigenvalue weighted by Gasteiger charge is -2.41. The van der Waals surface area contributed by atoms with Crippen LogP contribution in [0.3, 0.4) is 0 Å². The molecular weight excluding hydrogens is 262 g/mol. The van der Waals surface area contributed by atoms with Crippen LogP contribution in [-0.4, -0.2) is 41.0 Å². The van der Waals surface area contributed by atoms with Gasteiger partial charge in [0.25, 0.3) is 0 Å². The van der Waals surface area contributed by atoms with Crippen molar-refractivity contribution in [1.82, 2.24) is 9.88 Å². The third-order valence-electron chi connectivity index (χ3n) is 4.06. The summed E-state index contributed by atoms with van der Waals surface area (Å²) in [4.78, 5) is 20.9. The Hall–Kier alpha value is -1.42. The van der Waals surface area contributed by atoms with Gasteiger partial charge in [-0.1, -0.05) is 26.8 Å². The highest BCUT2D eigenvalue weighted by Gasteiger charge is 2.31. The van der Waals surface area contributed by atoms with Gasteiger partial charge in [0, 0.05) is 24.8 Å². The van der Waals surface area contributed by atoms with Gasteiger partial charge in [-0.3, -0.25) is 14.6 Å². The maximum atomic E-state index is 12.4. The van der Waals surface area contributed by atoms with Crippen LogP contribution in [0.1, 0.15) is 47.1 Å². The zero-order chi connectivity index (χ0) is 15.8. The van der Waals surface area contributed by atoms with Gasteiger partial charge in [0.2, 0.25) is 5.91 Å². The molecule has 4 nitrogen and oxygen atoms in total. The molecule has 0 aliphatic carbocycles. The van der Waals surface area contributed by atoms with E-state index in [-0.39, 0.29) is 16.9 Å². The molecule has 0 saturated carbocycles. The highest BCUT2D eigenvalue weighted by atomic mass is 16.2. The first-order valence-electron chi connectivity index (χ1n) is 7.61. The summed E-state index contributed by atoms with van der Waals surface area (Å²) in [5.74, 6) is 0.897. The molecule has 0 bridgehead atoms. The molecule has 0 unspecified atom stereocenters. The van der Waals surface area contributed by atoms with Crippen molar-refractivity contribution in [2.45, 2.75) is 52.5 Å². The fourth-order valence-corrected chi connectivity index (χ4v) is 2.48. The molecule has 1 aromatic heterocycles. The van der Waals surface area contributed by atoms with Crippen LogP contribution in [0.25, 0.3) is 0 Å². The summed E-state index contributed by atoms with van der Waals surface area (Å²) in [6.45, 7) is 15.0. The Labute approximate surface area is 128 Å². The van der Waals surface area contributed by atoms with Gasteiger partial charge in [0.1, 0.15) is 5.82 Å². The van der Waals surface area contributed by atoms with Crippen LogP contribution in [0.2, 0.25) is 0 Å². The molecule has 1 amide bonds. The molecule has 4 heteroatoms. The van der Waals surface area contributed by atoms with Crippen LogP contribution < -0.4 is 4.90 Å². The summed E-state index contributed by atoms with van der Waals surface area (Å²) in [5, 5.41) is 0. The first kappa shape index (κ1) is 16.0. The van der Waals surface area contributed by atoms with Crippen LogP contribution in [0, 0.1) is 0 Å².